The van der Waals surface area contributed by atoms with Crippen LogP contribution in [0, 0.1) is 18.3 Å². The highest BCUT2D eigenvalue weighted by molar-refractivity contribution is 5.79. The molecule has 1 aliphatic heterocycles. The summed E-state index contributed by atoms with van der Waals surface area (Å²) in [6, 6.07) is 8.80. The van der Waals surface area contributed by atoms with Gasteiger partial charge in [-0.2, -0.15) is 0 Å². The van der Waals surface area contributed by atoms with Crippen molar-refractivity contribution in [2.45, 2.75) is 128 Å². The fraction of sp³-hybridized carbons (Fsp3) is 0.656. The Balaban J connectivity index is 1.91. The average molecular weight is 526 g/mol. The summed E-state index contributed by atoms with van der Waals surface area (Å²) in [5, 5.41) is 2.62. The van der Waals surface area contributed by atoms with Crippen molar-refractivity contribution in [3.8, 4) is 12.3 Å². The Labute approximate surface area is 229 Å². The van der Waals surface area contributed by atoms with Gasteiger partial charge in [-0.05, 0) is 31.2 Å². The number of hydrogen-bond acceptors (Lipinski definition) is 5. The van der Waals surface area contributed by atoms with Crippen LogP contribution in [0.1, 0.15) is 109 Å². The topological polar surface area (TPSA) is 81.7 Å². The Kier molecular flexibility index (Phi) is 15.9. The zero-order valence-corrected chi connectivity index (χ0v) is 23.2. The first-order valence-electron chi connectivity index (χ1n) is 14.7. The van der Waals surface area contributed by atoms with Crippen molar-refractivity contribution in [1.29, 1.82) is 0 Å². The van der Waals surface area contributed by atoms with Gasteiger partial charge >= 0.3 is 11.9 Å². The van der Waals surface area contributed by atoms with Gasteiger partial charge in [0.2, 0.25) is 6.41 Å². The number of ether oxygens (including phenoxy) is 2. The Morgan fingerprint density at radius 3 is 2.37 bits per heavy atom. The van der Waals surface area contributed by atoms with Crippen molar-refractivity contribution >= 4 is 18.3 Å². The lowest BCUT2D eigenvalue weighted by atomic mass is 9.86. The van der Waals surface area contributed by atoms with Crippen LogP contribution in [-0.2, 0) is 30.3 Å². The van der Waals surface area contributed by atoms with Crippen LogP contribution in [0.5, 0.6) is 0 Å². The van der Waals surface area contributed by atoms with Gasteiger partial charge in [-0.3, -0.25) is 9.59 Å². The lowest BCUT2D eigenvalue weighted by molar-refractivity contribution is -0.190. The van der Waals surface area contributed by atoms with E-state index in [1.165, 1.54) is 44.9 Å². The van der Waals surface area contributed by atoms with Gasteiger partial charge in [-0.25, -0.2) is 4.79 Å². The van der Waals surface area contributed by atoms with E-state index >= 15 is 0 Å². The molecule has 1 amide bonds. The summed E-state index contributed by atoms with van der Waals surface area (Å²) in [6.07, 6.45) is 21.0. The summed E-state index contributed by atoms with van der Waals surface area (Å²) < 4.78 is 11.4. The molecule has 1 fully saturated rings. The third-order valence-electron chi connectivity index (χ3n) is 7.35. The Hall–Kier alpha value is -2.81. The minimum atomic E-state index is -0.760. The standard InChI is InChI=1S/C32H47NO5/c1-3-5-7-9-10-11-12-13-17-21-27(24-30-28(31(35)38-30)22-18-8-6-4-2)37-32(36)29(33-25-34)23-26-19-15-14-16-20-26/h2,14-16,19-20,25,27-30H,3,5-13,17-18,21-24H2,1H3,(H,33,34)/t27-,28-,29-,30-/m0/s1. The number of amides is 1. The van der Waals surface area contributed by atoms with Crippen LogP contribution in [0.4, 0.5) is 0 Å². The summed E-state index contributed by atoms with van der Waals surface area (Å²) in [5.74, 6) is 1.86. The highest BCUT2D eigenvalue weighted by atomic mass is 16.6. The number of benzene rings is 1. The van der Waals surface area contributed by atoms with Crippen molar-refractivity contribution < 1.29 is 23.9 Å². The molecule has 0 bridgehead atoms. The predicted octanol–water partition coefficient (Wildman–Crippen LogP) is 6.30. The molecule has 6 nitrogen and oxygen atoms in total. The minimum Gasteiger partial charge on any atom is -0.461 e. The number of terminal acetylenes is 1. The van der Waals surface area contributed by atoms with Gasteiger partial charge in [0.25, 0.3) is 0 Å². The molecule has 6 heteroatoms. The molecule has 0 aromatic heterocycles. The summed E-state index contributed by atoms with van der Waals surface area (Å²) in [6.45, 7) is 2.23. The number of unbranched alkanes of at least 4 members (excludes halogenated alkanes) is 10. The zero-order chi connectivity index (χ0) is 27.4. The molecule has 38 heavy (non-hydrogen) atoms. The zero-order valence-electron chi connectivity index (χ0n) is 23.2. The van der Waals surface area contributed by atoms with Gasteiger partial charge in [0, 0.05) is 19.3 Å². The lowest BCUT2D eigenvalue weighted by Crippen LogP contribution is -2.48. The number of carbonyl (C=O) groups is 3. The molecule has 4 atom stereocenters. The van der Waals surface area contributed by atoms with Crippen molar-refractivity contribution in [3.05, 3.63) is 35.9 Å². The Bertz CT molecular complexity index is 849. The molecule has 1 N–H and O–H groups in total. The first-order valence-corrected chi connectivity index (χ1v) is 14.7. The maximum atomic E-state index is 13.1. The van der Waals surface area contributed by atoms with Gasteiger partial charge < -0.3 is 14.8 Å². The minimum absolute atomic E-state index is 0.162. The second-order valence-corrected chi connectivity index (χ2v) is 10.5. The molecular weight excluding hydrogens is 478 g/mol. The molecular formula is C32H47NO5. The van der Waals surface area contributed by atoms with Crippen molar-refractivity contribution in [3.63, 3.8) is 0 Å². The fourth-order valence-corrected chi connectivity index (χ4v) is 5.06. The molecule has 210 valence electrons. The SMILES string of the molecule is C#CCCCC[C@@H]1C(=O)O[C@H]1C[C@H](CCCCCCCCCCC)OC(=O)[C@H](Cc1ccccc1)NC=O. The Morgan fingerprint density at radius 2 is 1.74 bits per heavy atom. The molecule has 0 saturated carbocycles. The number of nitrogens with one attached hydrogen (secondary N) is 1. The summed E-state index contributed by atoms with van der Waals surface area (Å²) in [7, 11) is 0. The molecule has 0 aliphatic carbocycles. The van der Waals surface area contributed by atoms with E-state index in [2.05, 4.69) is 18.2 Å². The van der Waals surface area contributed by atoms with Crippen LogP contribution >= 0.6 is 0 Å². The molecule has 0 unspecified atom stereocenters. The maximum Gasteiger partial charge on any atom is 0.329 e. The van der Waals surface area contributed by atoms with E-state index < -0.39 is 12.0 Å². The monoisotopic (exact) mass is 525 g/mol. The number of carbonyl (C=O) groups excluding carboxylic acids is 3. The third-order valence-corrected chi connectivity index (χ3v) is 7.35. The van der Waals surface area contributed by atoms with Gasteiger partial charge in [-0.15, -0.1) is 12.3 Å². The molecule has 0 radical (unpaired) electrons. The van der Waals surface area contributed by atoms with Crippen LogP contribution in [0.25, 0.3) is 0 Å². The van der Waals surface area contributed by atoms with Gasteiger partial charge in [0.1, 0.15) is 18.2 Å². The van der Waals surface area contributed by atoms with Gasteiger partial charge in [-0.1, -0.05) is 95.0 Å². The number of esters is 2. The van der Waals surface area contributed by atoms with E-state index in [1.807, 2.05) is 30.3 Å². The largest absolute Gasteiger partial charge is 0.461 e. The van der Waals surface area contributed by atoms with E-state index in [9.17, 15) is 14.4 Å². The number of hydrogen-bond donors (Lipinski definition) is 1. The van der Waals surface area contributed by atoms with Crippen LogP contribution in [0.3, 0.4) is 0 Å². The van der Waals surface area contributed by atoms with Gasteiger partial charge in [0.15, 0.2) is 0 Å². The molecule has 1 aliphatic rings. The quantitative estimate of drug-likeness (QED) is 0.0831. The smallest absolute Gasteiger partial charge is 0.329 e. The molecule has 1 aromatic rings. The molecule has 1 heterocycles. The fourth-order valence-electron chi connectivity index (χ4n) is 5.06. The highest BCUT2D eigenvalue weighted by Crippen LogP contribution is 2.32. The van der Waals surface area contributed by atoms with E-state index in [0.29, 0.717) is 25.7 Å². The van der Waals surface area contributed by atoms with Gasteiger partial charge in [0.05, 0.1) is 5.92 Å². The van der Waals surface area contributed by atoms with Crippen LogP contribution < -0.4 is 5.32 Å². The van der Waals surface area contributed by atoms with Crippen LogP contribution in [0.2, 0.25) is 0 Å². The first-order chi connectivity index (χ1) is 18.6. The van der Waals surface area contributed by atoms with Crippen molar-refractivity contribution in [2.75, 3.05) is 0 Å². The van der Waals surface area contributed by atoms with Crippen molar-refractivity contribution in [2.24, 2.45) is 5.92 Å². The lowest BCUT2D eigenvalue weighted by Gasteiger charge is -2.37. The normalized spacial score (nSPS) is 17.9. The summed E-state index contributed by atoms with van der Waals surface area (Å²) in [4.78, 5) is 36.4. The van der Waals surface area contributed by atoms with Crippen LogP contribution in [-0.4, -0.2) is 36.6 Å². The summed E-state index contributed by atoms with van der Waals surface area (Å²) >= 11 is 0. The molecule has 2 rings (SSSR count). The predicted molar refractivity (Wildman–Crippen MR) is 150 cm³/mol. The average Bonchev–Trinajstić information content (AvgIpc) is 2.91. The van der Waals surface area contributed by atoms with E-state index in [-0.39, 0.29) is 24.1 Å². The van der Waals surface area contributed by atoms with Crippen molar-refractivity contribution in [1.82, 2.24) is 5.32 Å². The third kappa shape index (κ3) is 12.2. The maximum absolute atomic E-state index is 13.1. The number of cyclic esters (lactones) is 1. The summed E-state index contributed by atoms with van der Waals surface area (Å²) in [5.41, 5.74) is 0.944. The molecule has 1 aromatic carbocycles. The second kappa shape index (κ2) is 19.3. The van der Waals surface area contributed by atoms with Crippen LogP contribution in [0.15, 0.2) is 30.3 Å². The molecule has 0 spiro atoms. The van der Waals surface area contributed by atoms with E-state index in [4.69, 9.17) is 15.9 Å². The Morgan fingerprint density at radius 1 is 1.05 bits per heavy atom. The number of rotatable bonds is 22. The highest BCUT2D eigenvalue weighted by Gasteiger charge is 2.43. The van der Waals surface area contributed by atoms with E-state index in [1.54, 1.807) is 0 Å². The van der Waals surface area contributed by atoms with E-state index in [0.717, 1.165) is 44.1 Å². The molecule has 1 saturated heterocycles. The second-order valence-electron chi connectivity index (χ2n) is 10.5. The first kappa shape index (κ1) is 31.4.